The summed E-state index contributed by atoms with van der Waals surface area (Å²) in [4.78, 5) is 0. The molecule has 0 radical (unpaired) electrons. The topological polar surface area (TPSA) is 114 Å². The van der Waals surface area contributed by atoms with E-state index in [1.54, 1.807) is 0 Å². The SMILES string of the molecule is O=S(=O)([O-])C(F)(F)F.O=S(=O)([O-])C(F)(F)F.[Ru+2].c1cc2ccc1Cc1ccc(cc1)Cc1ccc(cc1)Cc1ccc(cc1)Cc1ccc(cc1)C2.c1ccccc1. The van der Waals surface area contributed by atoms with E-state index in [4.69, 9.17) is 25.9 Å². The fourth-order valence-corrected chi connectivity index (χ4v) is 5.44. The second-order valence-electron chi connectivity index (χ2n) is 12.9. The average Bonchev–Trinajstić information content (AvgIpc) is 3.15. The molecule has 0 saturated heterocycles. The van der Waals surface area contributed by atoms with E-state index in [9.17, 15) is 26.3 Å². The van der Waals surface area contributed by atoms with Crippen molar-refractivity contribution in [1.82, 2.24) is 0 Å². The van der Waals surface area contributed by atoms with Crippen molar-refractivity contribution in [1.29, 1.82) is 0 Å². The minimum absolute atomic E-state index is 0. The normalized spacial score (nSPS) is 12.6. The van der Waals surface area contributed by atoms with Gasteiger partial charge in [-0.3, -0.25) is 0 Å². The molecule has 0 saturated carbocycles. The first-order valence-electron chi connectivity index (χ1n) is 17.2. The van der Waals surface area contributed by atoms with Crippen LogP contribution in [0.5, 0.6) is 0 Å². The van der Waals surface area contributed by atoms with Crippen LogP contribution in [-0.4, -0.2) is 37.0 Å². The Kier molecular flexibility index (Phi) is 17.6. The van der Waals surface area contributed by atoms with Crippen LogP contribution in [0, 0.1) is 0 Å². The van der Waals surface area contributed by atoms with Gasteiger partial charge in [0.2, 0.25) is 0 Å². The Labute approximate surface area is 346 Å². The first-order chi connectivity index (χ1) is 26.7. The number of rotatable bonds is 0. The van der Waals surface area contributed by atoms with E-state index >= 15 is 0 Å². The van der Waals surface area contributed by atoms with E-state index in [0.29, 0.717) is 0 Å². The first kappa shape index (κ1) is 47.7. The Hall–Kier alpha value is -4.66. The monoisotopic (exact) mass is 928 g/mol. The van der Waals surface area contributed by atoms with Crippen LogP contribution in [0.15, 0.2) is 158 Å². The summed E-state index contributed by atoms with van der Waals surface area (Å²) in [5, 5.41) is 0. The summed E-state index contributed by atoms with van der Waals surface area (Å²) in [7, 11) is -12.2. The molecule has 0 unspecified atom stereocenters. The van der Waals surface area contributed by atoms with E-state index in [1.807, 2.05) is 36.4 Å². The summed E-state index contributed by atoms with van der Waals surface area (Å²) in [6.07, 6.45) is 4.88. The van der Waals surface area contributed by atoms with Crippen LogP contribution in [0.1, 0.15) is 55.6 Å². The summed E-state index contributed by atoms with van der Waals surface area (Å²) in [6.45, 7) is 0. The van der Waals surface area contributed by atoms with Gasteiger partial charge in [-0.2, -0.15) is 26.3 Å². The summed E-state index contributed by atoms with van der Waals surface area (Å²) in [6, 6.07) is 57.6. The van der Waals surface area contributed by atoms with Gasteiger partial charge in [0.15, 0.2) is 20.2 Å². The van der Waals surface area contributed by atoms with E-state index in [-0.39, 0.29) is 19.5 Å². The van der Waals surface area contributed by atoms with Crippen molar-refractivity contribution in [3.63, 3.8) is 0 Å². The molecule has 10 bridgehead atoms. The number of hydrogen-bond acceptors (Lipinski definition) is 6. The summed E-state index contributed by atoms with van der Waals surface area (Å²) in [5.74, 6) is 0. The molecule has 6 nitrogen and oxygen atoms in total. The van der Waals surface area contributed by atoms with Gasteiger partial charge in [-0.05, 0) is 87.7 Å². The number of hydrogen-bond donors (Lipinski definition) is 0. The Morgan fingerprint density at radius 3 is 0.466 bits per heavy atom. The third-order valence-corrected chi connectivity index (χ3v) is 9.52. The number of halogens is 6. The van der Waals surface area contributed by atoms with Crippen molar-refractivity contribution in [2.75, 3.05) is 0 Å². The zero-order valence-corrected chi connectivity index (χ0v) is 33.8. The van der Waals surface area contributed by atoms with Crippen LogP contribution in [0.3, 0.4) is 0 Å². The number of alkyl halides is 6. The largest absolute Gasteiger partial charge is 2.00 e. The fraction of sp³-hybridized carbons (Fsp3) is 0.163. The third kappa shape index (κ3) is 16.3. The van der Waals surface area contributed by atoms with Crippen molar-refractivity contribution < 1.29 is 71.8 Å². The molecule has 0 amide bonds. The molecule has 58 heavy (non-hydrogen) atoms. The standard InChI is InChI=1S/C35H30.C6H6.2CHF3O3S.Ru/c1-2-27-4-3-26(1)21-28-5-7-30(8-6-28)23-32-13-15-34(16-14-32)25-35-19-17-33(18-20-35)24-31-11-9-29(22-27)10-12-31;1-2-4-6-5-3-1;2*2-1(3,4)8(5,6)7;/h1-20H,21-25H2;1-6H;2*(H,5,6,7);/q;;;;+2/p-2. The molecule has 0 heterocycles. The van der Waals surface area contributed by atoms with E-state index in [2.05, 4.69) is 121 Å². The zero-order chi connectivity index (χ0) is 41.7. The maximum absolute atomic E-state index is 10.7. The van der Waals surface area contributed by atoms with Crippen LogP contribution < -0.4 is 0 Å². The van der Waals surface area contributed by atoms with Crippen LogP contribution in [0.4, 0.5) is 26.3 Å². The summed E-state index contributed by atoms with van der Waals surface area (Å²) < 4.78 is 118. The first-order valence-corrected chi connectivity index (χ1v) is 20.0. The van der Waals surface area contributed by atoms with Gasteiger partial charge >= 0.3 is 30.5 Å². The molecule has 6 aromatic carbocycles. The van der Waals surface area contributed by atoms with Crippen molar-refractivity contribution >= 4 is 20.2 Å². The minimum Gasteiger partial charge on any atom is -0.741 e. The molecular formula is C43H36F6O6RuS2. The van der Waals surface area contributed by atoms with Gasteiger partial charge in [0.05, 0.1) is 0 Å². The molecule has 306 valence electrons. The van der Waals surface area contributed by atoms with Gasteiger partial charge in [0, 0.05) is 0 Å². The van der Waals surface area contributed by atoms with E-state index in [1.165, 1.54) is 55.6 Å². The Balaban J connectivity index is 0.000000320. The van der Waals surface area contributed by atoms with Crippen LogP contribution in [-0.2, 0) is 71.8 Å². The molecule has 0 spiro atoms. The Bertz CT molecular complexity index is 1920. The van der Waals surface area contributed by atoms with Crippen LogP contribution in [0.25, 0.3) is 0 Å². The van der Waals surface area contributed by atoms with Crippen molar-refractivity contribution in [2.24, 2.45) is 0 Å². The molecule has 0 fully saturated rings. The summed E-state index contributed by atoms with van der Waals surface area (Å²) >= 11 is 0. The van der Waals surface area contributed by atoms with Crippen molar-refractivity contribution in [2.45, 2.75) is 43.1 Å². The van der Waals surface area contributed by atoms with Gasteiger partial charge in [0.1, 0.15) is 0 Å². The predicted octanol–water partition coefficient (Wildman–Crippen LogP) is 9.74. The fourth-order valence-electron chi connectivity index (χ4n) is 5.44. The number of benzene rings is 6. The average molecular weight is 928 g/mol. The second-order valence-corrected chi connectivity index (χ2v) is 15.7. The maximum Gasteiger partial charge on any atom is 2.00 e. The molecule has 0 aromatic heterocycles. The molecule has 10 aliphatic carbocycles. The zero-order valence-electron chi connectivity index (χ0n) is 30.4. The quantitative estimate of drug-likeness (QED) is 0.0648. The second kappa shape index (κ2) is 21.4. The molecule has 0 aliphatic heterocycles. The molecule has 16 rings (SSSR count). The molecule has 6 aromatic rings. The molecule has 0 N–H and O–H groups in total. The van der Waals surface area contributed by atoms with E-state index in [0.717, 1.165) is 32.1 Å². The van der Waals surface area contributed by atoms with Crippen molar-refractivity contribution in [3.8, 4) is 0 Å². The molecule has 10 aliphatic rings. The van der Waals surface area contributed by atoms with Gasteiger partial charge < -0.3 is 9.11 Å². The van der Waals surface area contributed by atoms with Gasteiger partial charge in [-0.25, -0.2) is 16.8 Å². The molecular weight excluding hydrogens is 892 g/mol. The van der Waals surface area contributed by atoms with Crippen LogP contribution in [0.2, 0.25) is 0 Å². The summed E-state index contributed by atoms with van der Waals surface area (Å²) in [5.41, 5.74) is 2.35. The van der Waals surface area contributed by atoms with Gasteiger partial charge in [-0.15, -0.1) is 0 Å². The maximum atomic E-state index is 10.7. The third-order valence-electron chi connectivity index (χ3n) is 8.39. The predicted molar refractivity (Wildman–Crippen MR) is 204 cm³/mol. The molecule has 15 heteroatoms. The van der Waals surface area contributed by atoms with Gasteiger partial charge in [0.25, 0.3) is 0 Å². The Morgan fingerprint density at radius 1 is 0.310 bits per heavy atom. The van der Waals surface area contributed by atoms with E-state index < -0.39 is 31.3 Å². The minimum atomic E-state index is -6.09. The Morgan fingerprint density at radius 2 is 0.397 bits per heavy atom. The van der Waals surface area contributed by atoms with Gasteiger partial charge in [-0.1, -0.05) is 158 Å². The van der Waals surface area contributed by atoms with Crippen LogP contribution >= 0.6 is 0 Å². The smallest absolute Gasteiger partial charge is 0.741 e. The van der Waals surface area contributed by atoms with Crippen molar-refractivity contribution in [3.05, 3.63) is 213 Å². The molecule has 0 atom stereocenters.